The molecule has 0 aromatic heterocycles. The maximum absolute atomic E-state index is 11.7. The molecule has 0 aliphatic rings. The molecule has 0 rings (SSSR count). The topological polar surface area (TPSA) is 117 Å². The number of hydrogen-bond donors (Lipinski definition) is 2. The maximum atomic E-state index is 11.7. The maximum Gasteiger partial charge on any atom is 0.407 e. The first-order valence-electron chi connectivity index (χ1n) is 16.1. The Hall–Kier alpha value is -1.83. The van der Waals surface area contributed by atoms with Gasteiger partial charge in [-0.1, -0.05) is 72.6 Å². The number of rotatable bonds is 22. The Morgan fingerprint density at radius 3 is 1.65 bits per heavy atom. The highest BCUT2D eigenvalue weighted by Gasteiger charge is 2.16. The average Bonchev–Trinajstić information content (AvgIpc) is 2.89. The lowest BCUT2D eigenvalue weighted by Crippen LogP contribution is -2.33. The normalized spacial score (nSPS) is 11.8. The number of nitrogens with one attached hydrogen (secondary N) is 1. The number of ether oxygens (including phenoxy) is 3. The van der Waals surface area contributed by atoms with Crippen molar-refractivity contribution in [1.29, 1.82) is 0 Å². The lowest BCUT2D eigenvalue weighted by Gasteiger charge is -2.19. The molecule has 0 aromatic rings. The fourth-order valence-electron chi connectivity index (χ4n) is 4.00. The van der Waals surface area contributed by atoms with Crippen LogP contribution in [0.4, 0.5) is 4.79 Å². The molecule has 8 nitrogen and oxygen atoms in total. The number of hydrogen-bond acceptors (Lipinski definition) is 7. The van der Waals surface area contributed by atoms with Gasteiger partial charge in [-0.2, -0.15) is 0 Å². The van der Waals surface area contributed by atoms with Gasteiger partial charge < -0.3 is 25.3 Å². The zero-order valence-electron chi connectivity index (χ0n) is 27.1. The van der Waals surface area contributed by atoms with Gasteiger partial charge in [-0.15, -0.1) is 0 Å². The molecule has 1 amide bonds. The van der Waals surface area contributed by atoms with Crippen molar-refractivity contribution in [2.45, 2.75) is 175 Å². The quantitative estimate of drug-likeness (QED) is 0.0767. The van der Waals surface area contributed by atoms with Crippen LogP contribution in [0.3, 0.4) is 0 Å². The van der Waals surface area contributed by atoms with Crippen LogP contribution in [0.1, 0.15) is 158 Å². The van der Waals surface area contributed by atoms with E-state index in [0.717, 1.165) is 38.5 Å². The summed E-state index contributed by atoms with van der Waals surface area (Å²) in [4.78, 5) is 34.7. The molecule has 0 aliphatic carbocycles. The minimum atomic E-state index is -0.502. The summed E-state index contributed by atoms with van der Waals surface area (Å²) >= 11 is 0. The Labute approximate surface area is 246 Å². The fourth-order valence-corrected chi connectivity index (χ4v) is 4.00. The smallest absolute Gasteiger partial charge is 0.407 e. The van der Waals surface area contributed by atoms with Gasteiger partial charge in [0.05, 0.1) is 0 Å². The second-order valence-corrected chi connectivity index (χ2v) is 11.5. The lowest BCUT2D eigenvalue weighted by atomic mass is 10.0. The van der Waals surface area contributed by atoms with Crippen LogP contribution < -0.4 is 11.1 Å². The number of amides is 1. The van der Waals surface area contributed by atoms with Crippen molar-refractivity contribution in [3.8, 4) is 0 Å². The molecule has 1 unspecified atom stereocenters. The van der Waals surface area contributed by atoms with Crippen LogP contribution in [-0.4, -0.2) is 48.9 Å². The molecule has 40 heavy (non-hydrogen) atoms. The van der Waals surface area contributed by atoms with Crippen LogP contribution in [0.5, 0.6) is 0 Å². The number of carbonyl (C=O) groups is 3. The van der Waals surface area contributed by atoms with Crippen molar-refractivity contribution in [1.82, 2.24) is 5.32 Å². The van der Waals surface area contributed by atoms with Crippen molar-refractivity contribution in [3.05, 3.63) is 0 Å². The Morgan fingerprint density at radius 1 is 0.675 bits per heavy atom. The zero-order valence-corrected chi connectivity index (χ0v) is 27.1. The summed E-state index contributed by atoms with van der Waals surface area (Å²) in [6.45, 7) is 14.9. The van der Waals surface area contributed by atoms with Crippen molar-refractivity contribution in [2.75, 3.05) is 13.1 Å². The van der Waals surface area contributed by atoms with Crippen LogP contribution in [0, 0.1) is 0 Å². The van der Waals surface area contributed by atoms with Gasteiger partial charge in [0.25, 0.3) is 0 Å². The first-order chi connectivity index (χ1) is 19.0. The third kappa shape index (κ3) is 29.2. The van der Waals surface area contributed by atoms with E-state index in [1.165, 1.54) is 51.4 Å². The highest BCUT2D eigenvalue weighted by molar-refractivity contribution is 5.70. The van der Waals surface area contributed by atoms with Crippen molar-refractivity contribution >= 4 is 18.0 Å². The number of nitrogens with two attached hydrogens (primary N) is 1. The molecule has 0 heterocycles. The van der Waals surface area contributed by atoms with Crippen LogP contribution in [0.25, 0.3) is 0 Å². The monoisotopic (exact) mass is 572 g/mol. The summed E-state index contributed by atoms with van der Waals surface area (Å²) in [7, 11) is 0. The SMILES string of the molecule is CCCC(CC)OC(=O)CCCNC(=O)OC(C)(C)C.CCCCCCC(CCCCCC)OC(=O)CCCN. The molecule has 0 bridgehead atoms. The van der Waals surface area contributed by atoms with Crippen molar-refractivity contribution in [3.63, 3.8) is 0 Å². The van der Waals surface area contributed by atoms with Crippen LogP contribution >= 0.6 is 0 Å². The number of carbonyl (C=O) groups excluding carboxylic acids is 3. The number of unbranched alkanes of at least 4 members (excludes halogenated alkanes) is 6. The summed E-state index contributed by atoms with van der Waals surface area (Å²) in [6, 6.07) is 0. The van der Waals surface area contributed by atoms with E-state index in [2.05, 4.69) is 26.1 Å². The number of esters is 2. The second-order valence-electron chi connectivity index (χ2n) is 11.5. The lowest BCUT2D eigenvalue weighted by molar-refractivity contribution is -0.150. The van der Waals surface area contributed by atoms with Crippen LogP contribution in [0.2, 0.25) is 0 Å². The molecule has 238 valence electrons. The van der Waals surface area contributed by atoms with E-state index in [1.807, 2.05) is 27.7 Å². The molecule has 8 heteroatoms. The Morgan fingerprint density at radius 2 is 1.20 bits per heavy atom. The average molecular weight is 573 g/mol. The molecule has 0 radical (unpaired) electrons. The molecule has 0 saturated carbocycles. The molecule has 0 aromatic carbocycles. The highest BCUT2D eigenvalue weighted by atomic mass is 16.6. The number of alkyl carbamates (subject to hydrolysis) is 1. The van der Waals surface area contributed by atoms with Crippen LogP contribution in [0.15, 0.2) is 0 Å². The Balaban J connectivity index is 0. The van der Waals surface area contributed by atoms with Crippen molar-refractivity contribution < 1.29 is 28.6 Å². The highest BCUT2D eigenvalue weighted by Crippen LogP contribution is 2.16. The first-order valence-corrected chi connectivity index (χ1v) is 16.1. The Bertz CT molecular complexity index is 609. The summed E-state index contributed by atoms with van der Waals surface area (Å²) < 4.78 is 16.1. The van der Waals surface area contributed by atoms with E-state index in [-0.39, 0.29) is 24.1 Å². The van der Waals surface area contributed by atoms with Gasteiger partial charge >= 0.3 is 18.0 Å². The summed E-state index contributed by atoms with van der Waals surface area (Å²) in [5.41, 5.74) is 4.92. The molecule has 0 saturated heterocycles. The molecular formula is C32H64N2O6. The van der Waals surface area contributed by atoms with E-state index in [9.17, 15) is 14.4 Å². The van der Waals surface area contributed by atoms with E-state index in [4.69, 9.17) is 19.9 Å². The van der Waals surface area contributed by atoms with Gasteiger partial charge in [0.2, 0.25) is 0 Å². The summed E-state index contributed by atoms with van der Waals surface area (Å²) in [6.07, 6.45) is 16.5. The second kappa shape index (κ2) is 27.3. The standard InChI is InChI=1S/C17H35NO2.C15H29NO4/c1-3-5-7-9-12-16(13-10-8-6-4-2)20-17(19)14-11-15-18;1-6-9-12(7-2)19-13(17)10-8-11-16-14(18)20-15(3,4)5/h16H,3-15,18H2,1-2H3;12H,6-11H2,1-5H3,(H,16,18). The Kier molecular flexibility index (Phi) is 27.6. The zero-order chi connectivity index (χ0) is 30.7. The predicted molar refractivity (Wildman–Crippen MR) is 164 cm³/mol. The van der Waals surface area contributed by atoms with E-state index in [1.54, 1.807) is 0 Å². The van der Waals surface area contributed by atoms with Crippen molar-refractivity contribution in [2.24, 2.45) is 5.73 Å². The first kappa shape index (κ1) is 40.3. The fraction of sp³-hybridized carbons (Fsp3) is 0.906. The summed E-state index contributed by atoms with van der Waals surface area (Å²) in [5, 5.41) is 2.62. The van der Waals surface area contributed by atoms with E-state index < -0.39 is 11.7 Å². The van der Waals surface area contributed by atoms with Gasteiger partial charge in [-0.3, -0.25) is 9.59 Å². The molecule has 0 spiro atoms. The molecule has 0 fully saturated rings. The molecule has 3 N–H and O–H groups in total. The molecule has 0 aliphatic heterocycles. The van der Waals surface area contributed by atoms with E-state index >= 15 is 0 Å². The minimum absolute atomic E-state index is 0.0197. The largest absolute Gasteiger partial charge is 0.462 e. The predicted octanol–water partition coefficient (Wildman–Crippen LogP) is 7.99. The van der Waals surface area contributed by atoms with Gasteiger partial charge in [0.15, 0.2) is 0 Å². The van der Waals surface area contributed by atoms with Gasteiger partial charge in [0, 0.05) is 19.4 Å². The van der Waals surface area contributed by atoms with Gasteiger partial charge in [-0.25, -0.2) is 4.79 Å². The van der Waals surface area contributed by atoms with Gasteiger partial charge in [-0.05, 0) is 78.7 Å². The minimum Gasteiger partial charge on any atom is -0.462 e. The van der Waals surface area contributed by atoms with E-state index in [0.29, 0.717) is 32.4 Å². The molecule has 1 atom stereocenters. The molecular weight excluding hydrogens is 508 g/mol. The summed E-state index contributed by atoms with van der Waals surface area (Å²) in [5.74, 6) is -0.261. The van der Waals surface area contributed by atoms with Crippen LogP contribution in [-0.2, 0) is 23.8 Å². The third-order valence-corrected chi connectivity index (χ3v) is 6.23. The third-order valence-electron chi connectivity index (χ3n) is 6.23. The van der Waals surface area contributed by atoms with Gasteiger partial charge in [0.1, 0.15) is 17.8 Å².